The molecule has 3 aromatic rings. The van der Waals surface area contributed by atoms with E-state index in [0.717, 1.165) is 18.3 Å². The van der Waals surface area contributed by atoms with E-state index in [9.17, 15) is 31.1 Å². The van der Waals surface area contributed by atoms with E-state index in [2.05, 4.69) is 15.5 Å². The highest BCUT2D eigenvalue weighted by molar-refractivity contribution is 5.91. The lowest BCUT2D eigenvalue weighted by molar-refractivity contribution is -0.141. The number of amides is 1. The van der Waals surface area contributed by atoms with Gasteiger partial charge in [-0.25, -0.2) is 4.68 Å². The molecule has 0 saturated heterocycles. The molecule has 0 aliphatic rings. The van der Waals surface area contributed by atoms with Crippen LogP contribution < -0.4 is 5.32 Å². The normalized spacial score (nSPS) is 12.2. The Kier molecular flexibility index (Phi) is 4.87. The maximum Gasteiger partial charge on any atom is 0.435 e. The lowest BCUT2D eigenvalue weighted by Crippen LogP contribution is -2.22. The van der Waals surface area contributed by atoms with Crippen LogP contribution in [0.3, 0.4) is 0 Å². The number of carbonyl (C=O) groups is 1. The highest BCUT2D eigenvalue weighted by atomic mass is 19.4. The zero-order valence-corrected chi connectivity index (χ0v) is 13.8. The molecule has 0 aliphatic carbocycles. The third kappa shape index (κ3) is 4.32. The van der Waals surface area contributed by atoms with Crippen molar-refractivity contribution in [1.82, 2.24) is 19.6 Å². The molecule has 1 N–H and O–H groups in total. The van der Waals surface area contributed by atoms with Crippen LogP contribution in [0.15, 0.2) is 48.9 Å². The molecule has 0 unspecified atom stereocenters. The van der Waals surface area contributed by atoms with Crippen molar-refractivity contribution in [2.75, 3.05) is 5.32 Å². The van der Waals surface area contributed by atoms with Crippen molar-refractivity contribution < 1.29 is 31.1 Å². The summed E-state index contributed by atoms with van der Waals surface area (Å²) in [6.45, 7) is -0.686. The number of anilines is 1. The van der Waals surface area contributed by atoms with Gasteiger partial charge in [0.25, 0.3) is 0 Å². The smallest absolute Gasteiger partial charge is 0.324 e. The summed E-state index contributed by atoms with van der Waals surface area (Å²) in [5.74, 6) is -0.964. The standard InChI is InChI=1S/C16H11F6N5O/c17-15(18,19)11-8-10(27-6-1-5-23-27)2-3-12(11)24-14(28)9-26-7-4-13(25-26)16(20,21)22/h1-8H,9H2,(H,24,28). The monoisotopic (exact) mass is 403 g/mol. The number of hydrogen-bond donors (Lipinski definition) is 1. The van der Waals surface area contributed by atoms with Crippen LogP contribution in [0.1, 0.15) is 11.3 Å². The van der Waals surface area contributed by atoms with Crippen molar-refractivity contribution in [1.29, 1.82) is 0 Å². The zero-order chi connectivity index (χ0) is 20.5. The molecular weight excluding hydrogens is 392 g/mol. The lowest BCUT2D eigenvalue weighted by Gasteiger charge is -2.15. The third-order valence-electron chi connectivity index (χ3n) is 3.59. The molecule has 0 radical (unpaired) electrons. The molecule has 28 heavy (non-hydrogen) atoms. The highest BCUT2D eigenvalue weighted by Crippen LogP contribution is 2.36. The van der Waals surface area contributed by atoms with E-state index < -0.39 is 41.7 Å². The Morgan fingerprint density at radius 1 is 1.04 bits per heavy atom. The van der Waals surface area contributed by atoms with Crippen LogP contribution in [-0.2, 0) is 23.7 Å². The molecule has 12 heteroatoms. The lowest BCUT2D eigenvalue weighted by atomic mass is 10.1. The van der Waals surface area contributed by atoms with E-state index in [0.29, 0.717) is 10.7 Å². The van der Waals surface area contributed by atoms with Crippen LogP contribution in [0, 0.1) is 0 Å². The number of nitrogens with one attached hydrogen (secondary N) is 1. The minimum absolute atomic E-state index is 0.122. The quantitative estimate of drug-likeness (QED) is 0.675. The summed E-state index contributed by atoms with van der Waals surface area (Å²) >= 11 is 0. The minimum atomic E-state index is -4.78. The number of carbonyl (C=O) groups excluding carboxylic acids is 1. The van der Waals surface area contributed by atoms with E-state index in [1.807, 2.05) is 0 Å². The molecule has 6 nitrogen and oxygen atoms in total. The first-order valence-electron chi connectivity index (χ1n) is 7.66. The first-order valence-corrected chi connectivity index (χ1v) is 7.66. The van der Waals surface area contributed by atoms with Crippen molar-refractivity contribution in [2.45, 2.75) is 18.9 Å². The molecule has 2 heterocycles. The van der Waals surface area contributed by atoms with Crippen LogP contribution >= 0.6 is 0 Å². The van der Waals surface area contributed by atoms with Gasteiger partial charge in [-0.3, -0.25) is 9.48 Å². The second-order valence-electron chi connectivity index (χ2n) is 5.62. The summed E-state index contributed by atoms with van der Waals surface area (Å²) < 4.78 is 79.5. The summed E-state index contributed by atoms with van der Waals surface area (Å²) in [5.41, 5.74) is -2.74. The topological polar surface area (TPSA) is 64.7 Å². The van der Waals surface area contributed by atoms with Gasteiger partial charge in [0.15, 0.2) is 5.69 Å². The van der Waals surface area contributed by atoms with Crippen molar-refractivity contribution in [2.24, 2.45) is 0 Å². The van der Waals surface area contributed by atoms with E-state index in [-0.39, 0.29) is 5.69 Å². The van der Waals surface area contributed by atoms with Crippen molar-refractivity contribution in [3.05, 3.63) is 60.2 Å². The molecule has 0 aliphatic heterocycles. The van der Waals surface area contributed by atoms with E-state index in [4.69, 9.17) is 0 Å². The molecule has 0 bridgehead atoms. The summed E-state index contributed by atoms with van der Waals surface area (Å²) in [6.07, 6.45) is -5.71. The fourth-order valence-electron chi connectivity index (χ4n) is 2.38. The molecule has 1 amide bonds. The second-order valence-corrected chi connectivity index (χ2v) is 5.62. The minimum Gasteiger partial charge on any atom is -0.324 e. The van der Waals surface area contributed by atoms with E-state index in [1.165, 1.54) is 29.2 Å². The number of rotatable bonds is 4. The average Bonchev–Trinajstić information content (AvgIpc) is 3.25. The molecule has 0 spiro atoms. The van der Waals surface area contributed by atoms with E-state index >= 15 is 0 Å². The Bertz CT molecular complexity index is 974. The maximum atomic E-state index is 13.4. The van der Waals surface area contributed by atoms with Gasteiger partial charge in [-0.15, -0.1) is 0 Å². The van der Waals surface area contributed by atoms with E-state index in [1.54, 1.807) is 0 Å². The number of nitrogens with zero attached hydrogens (tertiary/aromatic N) is 4. The van der Waals surface area contributed by atoms with Gasteiger partial charge in [-0.05, 0) is 30.3 Å². The average molecular weight is 403 g/mol. The largest absolute Gasteiger partial charge is 0.435 e. The zero-order valence-electron chi connectivity index (χ0n) is 13.8. The molecular formula is C16H11F6N5O. The van der Waals surface area contributed by atoms with Crippen molar-refractivity contribution in [3.8, 4) is 5.69 Å². The van der Waals surface area contributed by atoms with Gasteiger partial charge in [-0.2, -0.15) is 36.5 Å². The van der Waals surface area contributed by atoms with Gasteiger partial charge >= 0.3 is 12.4 Å². The first kappa shape index (κ1) is 19.5. The number of alkyl halides is 6. The molecule has 0 saturated carbocycles. The number of hydrogen-bond acceptors (Lipinski definition) is 3. The Morgan fingerprint density at radius 3 is 2.36 bits per heavy atom. The van der Waals surface area contributed by atoms with Gasteiger partial charge in [0.1, 0.15) is 6.54 Å². The summed E-state index contributed by atoms with van der Waals surface area (Å²) in [7, 11) is 0. The highest BCUT2D eigenvalue weighted by Gasteiger charge is 2.35. The predicted octanol–water partition coefficient (Wildman–Crippen LogP) is 3.75. The molecule has 1 aromatic carbocycles. The third-order valence-corrected chi connectivity index (χ3v) is 3.59. The first-order chi connectivity index (χ1) is 13.0. The SMILES string of the molecule is O=C(Cn1ccc(C(F)(F)F)n1)Nc1ccc(-n2cccn2)cc1C(F)(F)F. The van der Waals surface area contributed by atoms with Crippen LogP contribution in [0.4, 0.5) is 32.0 Å². The van der Waals surface area contributed by atoms with Gasteiger partial charge in [0, 0.05) is 18.6 Å². The summed E-state index contributed by atoms with van der Waals surface area (Å²) in [6, 6.07) is 5.35. The van der Waals surface area contributed by atoms with Crippen LogP contribution in [-0.4, -0.2) is 25.5 Å². The fourth-order valence-corrected chi connectivity index (χ4v) is 2.38. The number of aromatic nitrogens is 4. The maximum absolute atomic E-state index is 13.4. The summed E-state index contributed by atoms with van der Waals surface area (Å²) in [5, 5.41) is 9.07. The van der Waals surface area contributed by atoms with Crippen molar-refractivity contribution >= 4 is 11.6 Å². The molecule has 0 fully saturated rings. The van der Waals surface area contributed by atoms with Crippen LogP contribution in [0.5, 0.6) is 0 Å². The molecule has 3 rings (SSSR count). The van der Waals surface area contributed by atoms with Gasteiger partial charge in [0.05, 0.1) is 16.9 Å². The van der Waals surface area contributed by atoms with Crippen LogP contribution in [0.25, 0.3) is 5.69 Å². The number of benzene rings is 1. The Balaban J connectivity index is 1.81. The van der Waals surface area contributed by atoms with Gasteiger partial charge in [-0.1, -0.05) is 0 Å². The predicted molar refractivity (Wildman–Crippen MR) is 84.4 cm³/mol. The molecule has 0 atom stereocenters. The van der Waals surface area contributed by atoms with Gasteiger partial charge < -0.3 is 5.32 Å². The Morgan fingerprint density at radius 2 is 1.79 bits per heavy atom. The molecule has 2 aromatic heterocycles. The van der Waals surface area contributed by atoms with Gasteiger partial charge in [0.2, 0.25) is 5.91 Å². The summed E-state index contributed by atoms with van der Waals surface area (Å²) in [4.78, 5) is 12.0. The molecule has 148 valence electrons. The Labute approximate surface area is 153 Å². The van der Waals surface area contributed by atoms with Crippen molar-refractivity contribution in [3.63, 3.8) is 0 Å². The Hall–Kier alpha value is -3.31. The van der Waals surface area contributed by atoms with Crippen LogP contribution in [0.2, 0.25) is 0 Å². The fraction of sp³-hybridized carbons (Fsp3) is 0.188. The second kappa shape index (κ2) is 7.02. The number of halogens is 6.